The van der Waals surface area contributed by atoms with Gasteiger partial charge in [0.1, 0.15) is 0 Å². The number of nitrogens with zero attached hydrogens (tertiary/aromatic N) is 2. The van der Waals surface area contributed by atoms with Crippen molar-refractivity contribution >= 4 is 21.6 Å². The van der Waals surface area contributed by atoms with E-state index in [0.717, 1.165) is 41.9 Å². The monoisotopic (exact) mass is 340 g/mol. The van der Waals surface area contributed by atoms with E-state index in [1.54, 1.807) is 0 Å². The van der Waals surface area contributed by atoms with Crippen molar-refractivity contribution in [2.24, 2.45) is 0 Å². The van der Waals surface area contributed by atoms with Gasteiger partial charge in [-0.2, -0.15) is 0 Å². The molecule has 1 heterocycles. The van der Waals surface area contributed by atoms with Crippen LogP contribution in [0.2, 0.25) is 0 Å². The van der Waals surface area contributed by atoms with Gasteiger partial charge in [-0.15, -0.1) is 0 Å². The Morgan fingerprint density at radius 2 is 1.75 bits per heavy atom. The minimum atomic E-state index is -0.442. The van der Waals surface area contributed by atoms with E-state index in [1.165, 1.54) is 0 Å². The van der Waals surface area contributed by atoms with Crippen LogP contribution in [0.4, 0.5) is 5.69 Å². The summed E-state index contributed by atoms with van der Waals surface area (Å²) in [4.78, 5) is 4.90. The fourth-order valence-electron chi connectivity index (χ4n) is 2.77. The average Bonchev–Trinajstić information content (AvgIpc) is 2.37. The summed E-state index contributed by atoms with van der Waals surface area (Å²) in [5.74, 6) is 0. The molecule has 112 valence electrons. The Labute approximate surface area is 130 Å². The molecule has 0 amide bonds. The second kappa shape index (κ2) is 6.04. The molecule has 2 rings (SSSR count). The van der Waals surface area contributed by atoms with Crippen molar-refractivity contribution in [1.29, 1.82) is 0 Å². The van der Waals surface area contributed by atoms with Crippen LogP contribution in [0.5, 0.6) is 0 Å². The summed E-state index contributed by atoms with van der Waals surface area (Å²) in [7, 11) is 0. The van der Waals surface area contributed by atoms with Gasteiger partial charge in [0.05, 0.1) is 6.10 Å². The van der Waals surface area contributed by atoms with Gasteiger partial charge >= 0.3 is 0 Å². The summed E-state index contributed by atoms with van der Waals surface area (Å²) >= 11 is 3.49. The van der Waals surface area contributed by atoms with Crippen molar-refractivity contribution in [3.05, 3.63) is 28.2 Å². The lowest BCUT2D eigenvalue weighted by atomic mass is 10.0. The molecule has 1 aliphatic rings. The Kier molecular flexibility index (Phi) is 4.77. The standard InChI is InChI=1S/C16H25BrN2O/c1-12(20)14-11-13(17)5-6-15(14)18-7-9-19(10-8-18)16(2,3)4/h5-6,11-12,20H,7-10H2,1-4H3. The van der Waals surface area contributed by atoms with E-state index in [1.807, 2.05) is 13.0 Å². The van der Waals surface area contributed by atoms with Gasteiger partial charge in [0, 0.05) is 47.4 Å². The molecule has 0 aliphatic carbocycles. The largest absolute Gasteiger partial charge is 0.389 e. The number of aliphatic hydroxyl groups excluding tert-OH is 1. The Morgan fingerprint density at radius 3 is 2.25 bits per heavy atom. The smallest absolute Gasteiger partial charge is 0.0782 e. The lowest BCUT2D eigenvalue weighted by Gasteiger charge is -2.43. The third kappa shape index (κ3) is 3.54. The third-order valence-corrected chi connectivity index (χ3v) is 4.50. The summed E-state index contributed by atoms with van der Waals surface area (Å²) in [6, 6.07) is 6.19. The molecule has 0 bridgehead atoms. The number of hydrogen-bond acceptors (Lipinski definition) is 3. The second-order valence-corrected chi connectivity index (χ2v) is 7.44. The fourth-order valence-corrected chi connectivity index (χ4v) is 3.14. The first-order valence-corrected chi connectivity index (χ1v) is 8.06. The van der Waals surface area contributed by atoms with Crippen molar-refractivity contribution in [1.82, 2.24) is 4.90 Å². The molecular formula is C16H25BrN2O. The van der Waals surface area contributed by atoms with Crippen molar-refractivity contribution in [3.8, 4) is 0 Å². The van der Waals surface area contributed by atoms with Crippen LogP contribution >= 0.6 is 15.9 Å². The maximum atomic E-state index is 9.98. The Balaban J connectivity index is 2.15. The highest BCUT2D eigenvalue weighted by atomic mass is 79.9. The van der Waals surface area contributed by atoms with Gasteiger partial charge in [0.25, 0.3) is 0 Å². The minimum Gasteiger partial charge on any atom is -0.389 e. The number of benzene rings is 1. The van der Waals surface area contributed by atoms with E-state index in [0.29, 0.717) is 0 Å². The highest BCUT2D eigenvalue weighted by Gasteiger charge is 2.27. The molecule has 20 heavy (non-hydrogen) atoms. The van der Waals surface area contributed by atoms with Gasteiger partial charge in [0.15, 0.2) is 0 Å². The van der Waals surface area contributed by atoms with Crippen LogP contribution in [0.25, 0.3) is 0 Å². The molecule has 1 aliphatic heterocycles. The average molecular weight is 341 g/mol. The summed E-state index contributed by atoms with van der Waals surface area (Å²) in [5.41, 5.74) is 2.40. The lowest BCUT2D eigenvalue weighted by molar-refractivity contribution is 0.128. The molecule has 1 aromatic rings. The number of piperazine rings is 1. The van der Waals surface area contributed by atoms with Crippen molar-refractivity contribution < 1.29 is 5.11 Å². The van der Waals surface area contributed by atoms with Gasteiger partial charge in [0.2, 0.25) is 0 Å². The molecule has 0 aromatic heterocycles. The zero-order chi connectivity index (χ0) is 14.9. The van der Waals surface area contributed by atoms with Gasteiger partial charge in [-0.3, -0.25) is 4.90 Å². The van der Waals surface area contributed by atoms with E-state index < -0.39 is 6.10 Å². The number of halogens is 1. The van der Waals surface area contributed by atoms with Crippen molar-refractivity contribution in [3.63, 3.8) is 0 Å². The van der Waals surface area contributed by atoms with Crippen LogP contribution in [0.3, 0.4) is 0 Å². The molecule has 1 N–H and O–H groups in total. The SMILES string of the molecule is CC(O)c1cc(Br)ccc1N1CCN(C(C)(C)C)CC1. The molecule has 1 aromatic carbocycles. The zero-order valence-electron chi connectivity index (χ0n) is 12.9. The first kappa shape index (κ1) is 15.8. The number of hydrogen-bond donors (Lipinski definition) is 1. The zero-order valence-corrected chi connectivity index (χ0v) is 14.4. The number of anilines is 1. The van der Waals surface area contributed by atoms with Gasteiger partial charge in [-0.05, 0) is 45.9 Å². The predicted octanol–water partition coefficient (Wildman–Crippen LogP) is 3.42. The van der Waals surface area contributed by atoms with Gasteiger partial charge < -0.3 is 10.0 Å². The minimum absolute atomic E-state index is 0.235. The molecule has 3 nitrogen and oxygen atoms in total. The number of aliphatic hydroxyl groups is 1. The van der Waals surface area contributed by atoms with Crippen molar-refractivity contribution in [2.75, 3.05) is 31.1 Å². The molecule has 1 saturated heterocycles. The summed E-state index contributed by atoms with van der Waals surface area (Å²) in [6.07, 6.45) is -0.442. The van der Waals surface area contributed by atoms with Crippen LogP contribution in [0.15, 0.2) is 22.7 Å². The summed E-state index contributed by atoms with van der Waals surface area (Å²) < 4.78 is 1.02. The Bertz CT molecular complexity index is 460. The van der Waals surface area contributed by atoms with Crippen LogP contribution in [-0.2, 0) is 0 Å². The Morgan fingerprint density at radius 1 is 1.15 bits per heavy atom. The first-order valence-electron chi connectivity index (χ1n) is 7.26. The number of rotatable bonds is 2. The normalized spacial score (nSPS) is 19.2. The van der Waals surface area contributed by atoms with Crippen molar-refractivity contribution in [2.45, 2.75) is 39.3 Å². The molecule has 0 saturated carbocycles. The molecule has 1 atom stereocenters. The van der Waals surface area contributed by atoms with Crippen LogP contribution in [-0.4, -0.2) is 41.7 Å². The summed E-state index contributed by atoms with van der Waals surface area (Å²) in [6.45, 7) is 12.8. The van der Waals surface area contributed by atoms with E-state index in [4.69, 9.17) is 0 Å². The van der Waals surface area contributed by atoms with E-state index in [2.05, 4.69) is 58.6 Å². The third-order valence-electron chi connectivity index (χ3n) is 4.01. The van der Waals surface area contributed by atoms with Gasteiger partial charge in [-0.25, -0.2) is 0 Å². The maximum absolute atomic E-state index is 9.98. The van der Waals surface area contributed by atoms with E-state index >= 15 is 0 Å². The molecule has 1 unspecified atom stereocenters. The first-order chi connectivity index (χ1) is 9.29. The molecule has 4 heteroatoms. The second-order valence-electron chi connectivity index (χ2n) is 6.52. The highest BCUT2D eigenvalue weighted by molar-refractivity contribution is 9.10. The fraction of sp³-hybridized carbons (Fsp3) is 0.625. The highest BCUT2D eigenvalue weighted by Crippen LogP contribution is 2.30. The maximum Gasteiger partial charge on any atom is 0.0782 e. The van der Waals surface area contributed by atoms with Crippen LogP contribution in [0, 0.1) is 0 Å². The predicted molar refractivity (Wildman–Crippen MR) is 88.3 cm³/mol. The van der Waals surface area contributed by atoms with E-state index in [9.17, 15) is 5.11 Å². The van der Waals surface area contributed by atoms with Crippen LogP contribution < -0.4 is 4.90 Å². The van der Waals surface area contributed by atoms with E-state index in [-0.39, 0.29) is 5.54 Å². The molecular weight excluding hydrogens is 316 g/mol. The topological polar surface area (TPSA) is 26.7 Å². The van der Waals surface area contributed by atoms with Gasteiger partial charge in [-0.1, -0.05) is 15.9 Å². The molecule has 1 fully saturated rings. The molecule has 0 radical (unpaired) electrons. The lowest BCUT2D eigenvalue weighted by Crippen LogP contribution is -2.53. The molecule has 0 spiro atoms. The Hall–Kier alpha value is -0.580. The quantitative estimate of drug-likeness (QED) is 0.893. The summed E-state index contributed by atoms with van der Waals surface area (Å²) in [5, 5.41) is 9.98. The van der Waals surface area contributed by atoms with Crippen LogP contribution in [0.1, 0.15) is 39.4 Å².